The Bertz CT molecular complexity index is 415. The first kappa shape index (κ1) is 15.2. The summed E-state index contributed by atoms with van der Waals surface area (Å²) in [5.41, 5.74) is 0.484. The Morgan fingerprint density at radius 1 is 1.16 bits per heavy atom. The van der Waals surface area contributed by atoms with Crippen LogP contribution in [0.15, 0.2) is 30.3 Å². The maximum atomic E-state index is 11.9. The summed E-state index contributed by atoms with van der Waals surface area (Å²) in [6.45, 7) is 4.19. The Kier molecular flexibility index (Phi) is 6.06. The van der Waals surface area contributed by atoms with Gasteiger partial charge in [0.15, 0.2) is 0 Å². The molecule has 0 aliphatic carbocycles. The molecular weight excluding hydrogens is 242 g/mol. The van der Waals surface area contributed by atoms with Crippen molar-refractivity contribution in [2.75, 3.05) is 0 Å². The van der Waals surface area contributed by atoms with Gasteiger partial charge in [-0.1, -0.05) is 44.9 Å². The van der Waals surface area contributed by atoms with Crippen LogP contribution in [0.5, 0.6) is 0 Å². The van der Waals surface area contributed by atoms with Gasteiger partial charge >= 0.3 is 5.97 Å². The molecule has 4 heteroatoms. The van der Waals surface area contributed by atoms with Gasteiger partial charge in [-0.25, -0.2) is 4.79 Å². The van der Waals surface area contributed by atoms with E-state index in [2.05, 4.69) is 19.2 Å². The first-order chi connectivity index (χ1) is 9.00. The van der Waals surface area contributed by atoms with Crippen LogP contribution in [0.1, 0.15) is 43.5 Å². The quantitative estimate of drug-likeness (QED) is 0.794. The van der Waals surface area contributed by atoms with Crippen LogP contribution in [0.2, 0.25) is 0 Å². The summed E-state index contributed by atoms with van der Waals surface area (Å²) in [5, 5.41) is 11.7. The number of nitrogens with one attached hydrogen (secondary N) is 1. The van der Waals surface area contributed by atoms with Gasteiger partial charge in [0.05, 0.1) is 0 Å². The van der Waals surface area contributed by atoms with E-state index in [1.165, 1.54) is 0 Å². The lowest BCUT2D eigenvalue weighted by Crippen LogP contribution is -2.40. The molecule has 0 saturated heterocycles. The minimum atomic E-state index is -0.979. The van der Waals surface area contributed by atoms with Crippen molar-refractivity contribution in [3.8, 4) is 0 Å². The van der Waals surface area contributed by atoms with Gasteiger partial charge in [-0.2, -0.15) is 0 Å². The van der Waals surface area contributed by atoms with Crippen LogP contribution in [0.3, 0.4) is 0 Å². The van der Waals surface area contributed by atoms with Crippen molar-refractivity contribution in [1.82, 2.24) is 5.32 Å². The third kappa shape index (κ3) is 5.55. The van der Waals surface area contributed by atoms with Gasteiger partial charge < -0.3 is 10.4 Å². The highest BCUT2D eigenvalue weighted by Gasteiger charge is 2.20. The zero-order valence-electron chi connectivity index (χ0n) is 11.4. The van der Waals surface area contributed by atoms with Gasteiger partial charge in [0.1, 0.15) is 6.04 Å². The van der Waals surface area contributed by atoms with Crippen molar-refractivity contribution >= 4 is 11.9 Å². The largest absolute Gasteiger partial charge is 0.480 e. The van der Waals surface area contributed by atoms with Crippen LogP contribution in [-0.2, 0) is 4.79 Å². The number of carbonyl (C=O) groups excluding carboxylic acids is 1. The number of carboxylic acid groups (broad SMARTS) is 1. The van der Waals surface area contributed by atoms with E-state index in [9.17, 15) is 9.59 Å². The van der Waals surface area contributed by atoms with Gasteiger partial charge in [-0.3, -0.25) is 4.79 Å². The molecule has 0 heterocycles. The number of hydrogen-bond acceptors (Lipinski definition) is 2. The summed E-state index contributed by atoms with van der Waals surface area (Å²) < 4.78 is 0. The Balaban J connectivity index is 2.54. The van der Waals surface area contributed by atoms with Crippen molar-refractivity contribution in [3.63, 3.8) is 0 Å². The highest BCUT2D eigenvalue weighted by Crippen LogP contribution is 2.09. The van der Waals surface area contributed by atoms with E-state index in [-0.39, 0.29) is 5.91 Å². The van der Waals surface area contributed by atoms with E-state index >= 15 is 0 Å². The van der Waals surface area contributed by atoms with E-state index in [1.807, 2.05) is 6.07 Å². The van der Waals surface area contributed by atoms with Crippen LogP contribution in [0.25, 0.3) is 0 Å². The fraction of sp³-hybridized carbons (Fsp3) is 0.467. The zero-order chi connectivity index (χ0) is 14.3. The Hall–Kier alpha value is -1.84. The minimum Gasteiger partial charge on any atom is -0.480 e. The molecule has 0 bridgehead atoms. The molecule has 0 saturated carbocycles. The number of hydrogen-bond donors (Lipinski definition) is 2. The molecule has 1 aromatic rings. The normalized spacial score (nSPS) is 12.2. The molecule has 0 fully saturated rings. The number of benzene rings is 1. The highest BCUT2D eigenvalue weighted by atomic mass is 16.4. The van der Waals surface area contributed by atoms with E-state index in [0.717, 1.165) is 12.8 Å². The fourth-order valence-corrected chi connectivity index (χ4v) is 1.82. The third-order valence-electron chi connectivity index (χ3n) is 2.91. The van der Waals surface area contributed by atoms with Crippen molar-refractivity contribution in [2.45, 2.75) is 39.2 Å². The summed E-state index contributed by atoms with van der Waals surface area (Å²) in [5.74, 6) is -0.773. The minimum absolute atomic E-state index is 0.336. The van der Waals surface area contributed by atoms with Crippen LogP contribution in [-0.4, -0.2) is 23.0 Å². The number of carbonyl (C=O) groups is 2. The van der Waals surface area contributed by atoms with Gasteiger partial charge in [-0.15, -0.1) is 0 Å². The van der Waals surface area contributed by atoms with Gasteiger partial charge in [0, 0.05) is 5.56 Å². The standard InChI is InChI=1S/C15H21NO3/c1-11(2)7-6-10-13(15(18)19)16-14(17)12-8-4-3-5-9-12/h3-5,8-9,11,13H,6-7,10H2,1-2H3,(H,16,17)(H,18,19). The van der Waals surface area contributed by atoms with E-state index in [0.29, 0.717) is 17.9 Å². The van der Waals surface area contributed by atoms with Crippen LogP contribution in [0.4, 0.5) is 0 Å². The molecule has 2 N–H and O–H groups in total. The second-order valence-corrected chi connectivity index (χ2v) is 5.06. The van der Waals surface area contributed by atoms with Crippen LogP contribution < -0.4 is 5.32 Å². The van der Waals surface area contributed by atoms with E-state index in [4.69, 9.17) is 5.11 Å². The number of carboxylic acids is 1. The predicted octanol–water partition coefficient (Wildman–Crippen LogP) is 2.70. The molecule has 4 nitrogen and oxygen atoms in total. The molecule has 0 aliphatic rings. The molecule has 19 heavy (non-hydrogen) atoms. The molecule has 1 aromatic carbocycles. The van der Waals surface area contributed by atoms with E-state index in [1.54, 1.807) is 24.3 Å². The topological polar surface area (TPSA) is 66.4 Å². The summed E-state index contributed by atoms with van der Waals surface area (Å²) in [6, 6.07) is 7.84. The predicted molar refractivity (Wildman–Crippen MR) is 74.0 cm³/mol. The average molecular weight is 263 g/mol. The monoisotopic (exact) mass is 263 g/mol. The van der Waals surface area contributed by atoms with Gasteiger partial charge in [0.2, 0.25) is 0 Å². The number of rotatable bonds is 7. The Morgan fingerprint density at radius 2 is 1.79 bits per heavy atom. The van der Waals surface area contributed by atoms with E-state index < -0.39 is 12.0 Å². The first-order valence-electron chi connectivity index (χ1n) is 6.59. The summed E-state index contributed by atoms with van der Waals surface area (Å²) in [4.78, 5) is 23.0. The first-order valence-corrected chi connectivity index (χ1v) is 6.59. The van der Waals surface area contributed by atoms with Gasteiger partial charge in [-0.05, 0) is 24.5 Å². The van der Waals surface area contributed by atoms with Crippen LogP contribution in [0, 0.1) is 5.92 Å². The zero-order valence-corrected chi connectivity index (χ0v) is 11.4. The van der Waals surface area contributed by atoms with Crippen molar-refractivity contribution in [2.24, 2.45) is 5.92 Å². The molecule has 0 aromatic heterocycles. The lowest BCUT2D eigenvalue weighted by atomic mass is 10.0. The molecule has 104 valence electrons. The number of aliphatic carboxylic acids is 1. The molecule has 1 unspecified atom stereocenters. The Labute approximate surface area is 113 Å². The highest BCUT2D eigenvalue weighted by molar-refractivity contribution is 5.96. The molecular formula is C15H21NO3. The second kappa shape index (κ2) is 7.56. The molecule has 1 atom stereocenters. The van der Waals surface area contributed by atoms with Gasteiger partial charge in [0.25, 0.3) is 5.91 Å². The molecule has 0 spiro atoms. The fourth-order valence-electron chi connectivity index (χ4n) is 1.82. The van der Waals surface area contributed by atoms with Crippen LogP contribution >= 0.6 is 0 Å². The number of amides is 1. The molecule has 1 amide bonds. The summed E-state index contributed by atoms with van der Waals surface area (Å²) in [7, 11) is 0. The van der Waals surface area contributed by atoms with Crippen molar-refractivity contribution in [1.29, 1.82) is 0 Å². The smallest absolute Gasteiger partial charge is 0.326 e. The Morgan fingerprint density at radius 3 is 2.32 bits per heavy atom. The molecule has 0 aliphatic heterocycles. The lowest BCUT2D eigenvalue weighted by Gasteiger charge is -2.15. The summed E-state index contributed by atoms with van der Waals surface area (Å²) in [6.07, 6.45) is 2.22. The maximum Gasteiger partial charge on any atom is 0.326 e. The van der Waals surface area contributed by atoms with Crippen molar-refractivity contribution < 1.29 is 14.7 Å². The average Bonchev–Trinajstić information content (AvgIpc) is 2.37. The second-order valence-electron chi connectivity index (χ2n) is 5.06. The molecule has 0 radical (unpaired) electrons. The maximum absolute atomic E-state index is 11.9. The summed E-state index contributed by atoms with van der Waals surface area (Å²) >= 11 is 0. The third-order valence-corrected chi connectivity index (χ3v) is 2.91. The van der Waals surface area contributed by atoms with Crippen molar-refractivity contribution in [3.05, 3.63) is 35.9 Å². The molecule has 1 rings (SSSR count). The SMILES string of the molecule is CC(C)CCCC(NC(=O)c1ccccc1)C(=O)O. The lowest BCUT2D eigenvalue weighted by molar-refractivity contribution is -0.139.